The molecule has 94 valence electrons. The number of rotatable bonds is 4. The molecule has 2 unspecified atom stereocenters. The Morgan fingerprint density at radius 3 is 3.11 bits per heavy atom. The highest BCUT2D eigenvalue weighted by atomic mass is 16.6. The number of anilines is 1. The number of nitrogens with one attached hydrogen (secondary N) is 1. The minimum Gasteiger partial charge on any atom is -0.423 e. The molecule has 6 nitrogen and oxygen atoms in total. The Kier molecular flexibility index (Phi) is 2.43. The molecule has 0 spiro atoms. The molecule has 6 heteroatoms. The molecule has 1 fully saturated rings. The van der Waals surface area contributed by atoms with Gasteiger partial charge in [-0.25, -0.2) is 0 Å². The minimum absolute atomic E-state index is 0.0167. The van der Waals surface area contributed by atoms with Crippen LogP contribution in [0.4, 0.5) is 11.7 Å². The molecule has 0 aliphatic heterocycles. The molecule has 1 aromatic heterocycles. The highest BCUT2D eigenvalue weighted by molar-refractivity contribution is 5.77. The number of aromatic nitrogens is 1. The Morgan fingerprint density at radius 1 is 1.61 bits per heavy atom. The zero-order valence-electron chi connectivity index (χ0n) is 9.92. The van der Waals surface area contributed by atoms with Crippen molar-refractivity contribution in [3.63, 3.8) is 0 Å². The van der Waals surface area contributed by atoms with Crippen LogP contribution in [-0.4, -0.2) is 15.9 Å². The van der Waals surface area contributed by atoms with Gasteiger partial charge in [0.15, 0.2) is 5.58 Å². The van der Waals surface area contributed by atoms with E-state index in [1.807, 2.05) is 0 Å². The van der Waals surface area contributed by atoms with Gasteiger partial charge >= 0.3 is 0 Å². The molecule has 3 rings (SSSR count). The van der Waals surface area contributed by atoms with Crippen molar-refractivity contribution in [2.75, 3.05) is 5.32 Å². The van der Waals surface area contributed by atoms with Crippen molar-refractivity contribution >= 4 is 22.8 Å². The normalized spacial score (nSPS) is 22.1. The number of fused-ring (bicyclic) bond motifs is 1. The molecule has 1 aliphatic carbocycles. The van der Waals surface area contributed by atoms with Crippen LogP contribution in [0.2, 0.25) is 0 Å². The van der Waals surface area contributed by atoms with E-state index in [4.69, 9.17) is 4.42 Å². The number of hydrogen-bond donors (Lipinski definition) is 1. The average molecular weight is 247 g/mol. The Morgan fingerprint density at radius 2 is 2.44 bits per heavy atom. The zero-order chi connectivity index (χ0) is 12.7. The number of nitro benzene ring substituents is 1. The summed E-state index contributed by atoms with van der Waals surface area (Å²) in [7, 11) is 0. The van der Waals surface area contributed by atoms with E-state index in [0.29, 0.717) is 29.1 Å². The van der Waals surface area contributed by atoms with Gasteiger partial charge in [-0.15, -0.1) is 0 Å². The van der Waals surface area contributed by atoms with Crippen LogP contribution in [0.3, 0.4) is 0 Å². The third-order valence-corrected chi connectivity index (χ3v) is 3.34. The average Bonchev–Trinajstić information content (AvgIpc) is 2.97. The number of benzene rings is 1. The van der Waals surface area contributed by atoms with Gasteiger partial charge in [0.25, 0.3) is 11.7 Å². The predicted octanol–water partition coefficient (Wildman–Crippen LogP) is 2.95. The van der Waals surface area contributed by atoms with Crippen LogP contribution in [0.25, 0.3) is 11.1 Å². The number of hydrogen-bond acceptors (Lipinski definition) is 5. The molecule has 0 saturated heterocycles. The van der Waals surface area contributed by atoms with Gasteiger partial charge in [0, 0.05) is 12.1 Å². The highest BCUT2D eigenvalue weighted by Crippen LogP contribution is 2.36. The molecular formula is C12H13N3O3. The predicted molar refractivity (Wildman–Crippen MR) is 66.5 cm³/mol. The molecule has 2 atom stereocenters. The van der Waals surface area contributed by atoms with Gasteiger partial charge in [-0.05, 0) is 18.4 Å². The van der Waals surface area contributed by atoms with E-state index in [2.05, 4.69) is 17.2 Å². The fraction of sp³-hybridized carbons (Fsp3) is 0.417. The van der Waals surface area contributed by atoms with Gasteiger partial charge in [-0.3, -0.25) is 10.1 Å². The molecule has 1 heterocycles. The molecule has 0 radical (unpaired) electrons. The summed E-state index contributed by atoms with van der Waals surface area (Å²) in [6.07, 6.45) is 2.28. The smallest absolute Gasteiger partial charge is 0.295 e. The fourth-order valence-electron chi connectivity index (χ4n) is 2.12. The lowest BCUT2D eigenvalue weighted by Gasteiger charge is -1.97. The largest absolute Gasteiger partial charge is 0.423 e. The first-order valence-corrected chi connectivity index (χ1v) is 5.99. The Balaban J connectivity index is 1.84. The lowest BCUT2D eigenvalue weighted by atomic mass is 10.3. The third kappa shape index (κ3) is 1.90. The van der Waals surface area contributed by atoms with Crippen LogP contribution in [0.15, 0.2) is 22.6 Å². The second-order valence-corrected chi connectivity index (χ2v) is 4.58. The molecule has 1 N–H and O–H groups in total. The molecule has 1 aliphatic rings. The van der Waals surface area contributed by atoms with Crippen LogP contribution in [0.5, 0.6) is 0 Å². The maximum atomic E-state index is 10.6. The van der Waals surface area contributed by atoms with Gasteiger partial charge in [-0.1, -0.05) is 13.3 Å². The zero-order valence-corrected chi connectivity index (χ0v) is 9.92. The van der Waals surface area contributed by atoms with E-state index in [-0.39, 0.29) is 5.69 Å². The lowest BCUT2D eigenvalue weighted by molar-refractivity contribution is -0.384. The number of non-ortho nitro benzene ring substituents is 1. The molecular weight excluding hydrogens is 234 g/mol. The lowest BCUT2D eigenvalue weighted by Crippen LogP contribution is -2.03. The monoisotopic (exact) mass is 247 g/mol. The van der Waals surface area contributed by atoms with Gasteiger partial charge in [0.05, 0.1) is 11.0 Å². The first kappa shape index (κ1) is 11.0. The molecule has 0 bridgehead atoms. The van der Waals surface area contributed by atoms with E-state index < -0.39 is 4.92 Å². The first-order valence-electron chi connectivity index (χ1n) is 5.99. The topological polar surface area (TPSA) is 81.2 Å². The number of nitro groups is 1. The van der Waals surface area contributed by atoms with Crippen molar-refractivity contribution < 1.29 is 9.34 Å². The fourth-order valence-corrected chi connectivity index (χ4v) is 2.12. The summed E-state index contributed by atoms with van der Waals surface area (Å²) in [6, 6.07) is 5.31. The SMILES string of the molecule is CCC1CC1Nc1nc2ccc([N+](=O)[O-])cc2o1. The summed E-state index contributed by atoms with van der Waals surface area (Å²) in [4.78, 5) is 14.5. The Bertz CT molecular complexity index is 608. The third-order valence-electron chi connectivity index (χ3n) is 3.34. The van der Waals surface area contributed by atoms with E-state index in [0.717, 1.165) is 12.8 Å². The summed E-state index contributed by atoms with van der Waals surface area (Å²) >= 11 is 0. The van der Waals surface area contributed by atoms with Crippen molar-refractivity contribution in [2.24, 2.45) is 5.92 Å². The van der Waals surface area contributed by atoms with Crippen LogP contribution < -0.4 is 5.32 Å². The maximum Gasteiger partial charge on any atom is 0.295 e. The molecule has 1 aromatic carbocycles. The van der Waals surface area contributed by atoms with Gasteiger partial charge in [0.1, 0.15) is 5.52 Å². The highest BCUT2D eigenvalue weighted by Gasteiger charge is 2.36. The van der Waals surface area contributed by atoms with E-state index in [1.165, 1.54) is 12.1 Å². The first-order chi connectivity index (χ1) is 8.67. The second kappa shape index (κ2) is 3.97. The quantitative estimate of drug-likeness (QED) is 0.663. The van der Waals surface area contributed by atoms with E-state index in [1.54, 1.807) is 6.07 Å². The van der Waals surface area contributed by atoms with E-state index >= 15 is 0 Å². The van der Waals surface area contributed by atoms with Crippen LogP contribution in [-0.2, 0) is 0 Å². The molecule has 18 heavy (non-hydrogen) atoms. The summed E-state index contributed by atoms with van der Waals surface area (Å²) in [5.74, 6) is 0.689. The van der Waals surface area contributed by atoms with Crippen molar-refractivity contribution in [1.82, 2.24) is 4.98 Å². The minimum atomic E-state index is -0.441. The van der Waals surface area contributed by atoms with Crippen molar-refractivity contribution in [3.8, 4) is 0 Å². The number of nitrogens with zero attached hydrogens (tertiary/aromatic N) is 2. The van der Waals surface area contributed by atoms with E-state index in [9.17, 15) is 10.1 Å². The van der Waals surface area contributed by atoms with Gasteiger partial charge < -0.3 is 9.73 Å². The van der Waals surface area contributed by atoms with Crippen LogP contribution >= 0.6 is 0 Å². The summed E-state index contributed by atoms with van der Waals surface area (Å²) in [6.45, 7) is 2.15. The Hall–Kier alpha value is -2.11. The second-order valence-electron chi connectivity index (χ2n) is 4.58. The summed E-state index contributed by atoms with van der Waals surface area (Å²) in [5, 5.41) is 13.9. The van der Waals surface area contributed by atoms with Gasteiger partial charge in [0.2, 0.25) is 0 Å². The van der Waals surface area contributed by atoms with Crippen LogP contribution in [0.1, 0.15) is 19.8 Å². The molecule has 0 amide bonds. The van der Waals surface area contributed by atoms with Crippen molar-refractivity contribution in [1.29, 1.82) is 0 Å². The molecule has 2 aromatic rings. The molecule has 1 saturated carbocycles. The Labute approximate surface area is 103 Å². The van der Waals surface area contributed by atoms with Crippen molar-refractivity contribution in [2.45, 2.75) is 25.8 Å². The van der Waals surface area contributed by atoms with Crippen molar-refractivity contribution in [3.05, 3.63) is 28.3 Å². The maximum absolute atomic E-state index is 10.6. The number of oxazole rings is 1. The van der Waals surface area contributed by atoms with Crippen LogP contribution in [0, 0.1) is 16.0 Å². The summed E-state index contributed by atoms with van der Waals surface area (Å²) < 4.78 is 5.48. The standard InChI is InChI=1S/C12H13N3O3/c1-2-7-5-10(7)14-12-13-9-4-3-8(15(16)17)6-11(9)18-12/h3-4,6-7,10H,2,5H2,1H3,(H,13,14). The van der Waals surface area contributed by atoms with Gasteiger partial charge in [-0.2, -0.15) is 4.98 Å². The summed E-state index contributed by atoms with van der Waals surface area (Å²) in [5.41, 5.74) is 1.10.